The Balaban J connectivity index is 1.97. The molecule has 18 heavy (non-hydrogen) atoms. The van der Waals surface area contributed by atoms with Crippen LogP contribution < -0.4 is 10.2 Å². The van der Waals surface area contributed by atoms with Gasteiger partial charge in [-0.3, -0.25) is 15.0 Å². The third kappa shape index (κ3) is 1.88. The summed E-state index contributed by atoms with van der Waals surface area (Å²) in [6.45, 7) is 0.487. The minimum Gasteiger partial charge on any atom is -0.293 e. The number of amides is 3. The number of carbonyl (C=O) groups excluding carboxylic acids is 2. The molecule has 0 saturated carbocycles. The van der Waals surface area contributed by atoms with Crippen molar-refractivity contribution < 1.29 is 9.59 Å². The number of benzene rings is 1. The SMILES string of the molecule is O=C1CCN(c2cccc3c2CCCC3)C(=O)N1. The maximum absolute atomic E-state index is 11.9. The first-order valence-corrected chi connectivity index (χ1v) is 6.48. The quantitative estimate of drug-likeness (QED) is 0.821. The van der Waals surface area contributed by atoms with E-state index in [0.29, 0.717) is 13.0 Å². The predicted molar refractivity (Wildman–Crippen MR) is 68.6 cm³/mol. The van der Waals surface area contributed by atoms with Gasteiger partial charge in [-0.05, 0) is 42.9 Å². The molecule has 1 saturated heterocycles. The fourth-order valence-electron chi connectivity index (χ4n) is 2.81. The number of carbonyl (C=O) groups is 2. The van der Waals surface area contributed by atoms with Gasteiger partial charge in [0.05, 0.1) is 0 Å². The van der Waals surface area contributed by atoms with Crippen LogP contribution in [0.3, 0.4) is 0 Å². The predicted octanol–water partition coefficient (Wildman–Crippen LogP) is 2.01. The Morgan fingerprint density at radius 1 is 1.06 bits per heavy atom. The zero-order valence-electron chi connectivity index (χ0n) is 10.2. The fraction of sp³-hybridized carbons (Fsp3) is 0.429. The van der Waals surface area contributed by atoms with Crippen molar-refractivity contribution >= 4 is 17.6 Å². The Morgan fingerprint density at radius 3 is 2.72 bits per heavy atom. The summed E-state index contributed by atoms with van der Waals surface area (Å²) in [7, 11) is 0. The molecule has 0 atom stereocenters. The lowest BCUT2D eigenvalue weighted by atomic mass is 9.90. The van der Waals surface area contributed by atoms with Gasteiger partial charge in [-0.2, -0.15) is 0 Å². The number of imide groups is 1. The first-order chi connectivity index (χ1) is 8.75. The fourth-order valence-corrected chi connectivity index (χ4v) is 2.81. The zero-order chi connectivity index (χ0) is 12.5. The van der Waals surface area contributed by atoms with Crippen molar-refractivity contribution in [3.8, 4) is 0 Å². The van der Waals surface area contributed by atoms with Crippen LogP contribution in [0.5, 0.6) is 0 Å². The minimum atomic E-state index is -0.287. The molecule has 4 nitrogen and oxygen atoms in total. The van der Waals surface area contributed by atoms with Crippen molar-refractivity contribution in [2.75, 3.05) is 11.4 Å². The van der Waals surface area contributed by atoms with Crippen molar-refractivity contribution in [1.29, 1.82) is 0 Å². The van der Waals surface area contributed by atoms with Crippen LogP contribution in [0.1, 0.15) is 30.4 Å². The van der Waals surface area contributed by atoms with Gasteiger partial charge in [-0.25, -0.2) is 4.79 Å². The molecule has 4 heteroatoms. The van der Waals surface area contributed by atoms with Crippen molar-refractivity contribution in [3.05, 3.63) is 29.3 Å². The van der Waals surface area contributed by atoms with Crippen LogP contribution in [0.2, 0.25) is 0 Å². The molecule has 1 N–H and O–H groups in total. The molecule has 1 aromatic rings. The summed E-state index contributed by atoms with van der Waals surface area (Å²) in [6, 6.07) is 5.85. The second kappa shape index (κ2) is 4.44. The van der Waals surface area contributed by atoms with Gasteiger partial charge in [0.1, 0.15) is 0 Å². The third-order valence-corrected chi connectivity index (χ3v) is 3.72. The van der Waals surface area contributed by atoms with Gasteiger partial charge in [0.2, 0.25) is 5.91 Å². The van der Waals surface area contributed by atoms with Gasteiger partial charge in [-0.1, -0.05) is 12.1 Å². The molecule has 0 unspecified atom stereocenters. The highest BCUT2D eigenvalue weighted by molar-refractivity contribution is 6.06. The van der Waals surface area contributed by atoms with Gasteiger partial charge >= 0.3 is 6.03 Å². The van der Waals surface area contributed by atoms with Crippen LogP contribution in [0.4, 0.5) is 10.5 Å². The Kier molecular flexibility index (Phi) is 2.78. The van der Waals surface area contributed by atoms with Crippen LogP contribution in [0, 0.1) is 0 Å². The molecule has 1 aliphatic carbocycles. The van der Waals surface area contributed by atoms with Gasteiger partial charge < -0.3 is 0 Å². The molecule has 0 aromatic heterocycles. The smallest absolute Gasteiger partial charge is 0.293 e. The Morgan fingerprint density at radius 2 is 1.89 bits per heavy atom. The molecular weight excluding hydrogens is 228 g/mol. The van der Waals surface area contributed by atoms with Gasteiger partial charge in [0, 0.05) is 18.7 Å². The largest absolute Gasteiger partial charge is 0.328 e. The Labute approximate surface area is 106 Å². The van der Waals surface area contributed by atoms with Gasteiger partial charge in [0.15, 0.2) is 0 Å². The number of rotatable bonds is 1. The first-order valence-electron chi connectivity index (χ1n) is 6.48. The molecule has 0 bridgehead atoms. The summed E-state index contributed by atoms with van der Waals surface area (Å²) in [6.07, 6.45) is 4.91. The number of hydrogen-bond donors (Lipinski definition) is 1. The summed E-state index contributed by atoms with van der Waals surface area (Å²) in [5.41, 5.74) is 3.62. The molecule has 2 aliphatic rings. The number of fused-ring (bicyclic) bond motifs is 1. The van der Waals surface area contributed by atoms with Crippen LogP contribution in [-0.2, 0) is 17.6 Å². The van der Waals surface area contributed by atoms with Crippen molar-refractivity contribution in [3.63, 3.8) is 0 Å². The lowest BCUT2D eigenvalue weighted by molar-refractivity contribution is -0.120. The van der Waals surface area contributed by atoms with Crippen molar-refractivity contribution in [2.45, 2.75) is 32.1 Å². The second-order valence-electron chi connectivity index (χ2n) is 4.88. The van der Waals surface area contributed by atoms with Crippen molar-refractivity contribution in [2.24, 2.45) is 0 Å². The normalized spacial score (nSPS) is 19.4. The van der Waals surface area contributed by atoms with Crippen molar-refractivity contribution in [1.82, 2.24) is 5.32 Å². The number of anilines is 1. The highest BCUT2D eigenvalue weighted by atomic mass is 16.2. The Bertz CT molecular complexity index is 511. The standard InChI is InChI=1S/C14H16N2O2/c17-13-8-9-16(14(18)15-13)12-7-3-5-10-4-1-2-6-11(10)12/h3,5,7H,1-2,4,6,8-9H2,(H,15,17,18). The summed E-state index contributed by atoms with van der Waals surface area (Å²) in [5, 5.41) is 2.38. The number of hydrogen-bond acceptors (Lipinski definition) is 2. The number of nitrogens with zero attached hydrogens (tertiary/aromatic N) is 1. The summed E-state index contributed by atoms with van der Waals surface area (Å²) in [4.78, 5) is 24.8. The van der Waals surface area contributed by atoms with E-state index in [2.05, 4.69) is 11.4 Å². The molecule has 1 fully saturated rings. The van der Waals surface area contributed by atoms with E-state index >= 15 is 0 Å². The summed E-state index contributed by atoms with van der Waals surface area (Å²) >= 11 is 0. The molecule has 1 aromatic carbocycles. The summed E-state index contributed by atoms with van der Waals surface area (Å²) < 4.78 is 0. The van der Waals surface area contributed by atoms with Crippen LogP contribution in [0.15, 0.2) is 18.2 Å². The highest BCUT2D eigenvalue weighted by Crippen LogP contribution is 2.31. The van der Waals surface area contributed by atoms with E-state index in [-0.39, 0.29) is 11.9 Å². The number of urea groups is 1. The molecule has 1 heterocycles. The number of nitrogens with one attached hydrogen (secondary N) is 1. The summed E-state index contributed by atoms with van der Waals surface area (Å²) in [5.74, 6) is -0.180. The molecule has 0 radical (unpaired) electrons. The van der Waals surface area contributed by atoms with E-state index < -0.39 is 0 Å². The van der Waals surface area contributed by atoms with E-state index in [1.165, 1.54) is 24.0 Å². The lowest BCUT2D eigenvalue weighted by Gasteiger charge is -2.30. The van der Waals surface area contributed by atoms with Gasteiger partial charge in [-0.15, -0.1) is 0 Å². The third-order valence-electron chi connectivity index (χ3n) is 3.72. The molecule has 3 rings (SSSR count). The maximum atomic E-state index is 11.9. The first kappa shape index (κ1) is 11.3. The lowest BCUT2D eigenvalue weighted by Crippen LogP contribution is -2.50. The van der Waals surface area contributed by atoms with Crippen LogP contribution >= 0.6 is 0 Å². The minimum absolute atomic E-state index is 0.180. The topological polar surface area (TPSA) is 49.4 Å². The zero-order valence-corrected chi connectivity index (χ0v) is 10.2. The molecule has 94 valence electrons. The Hall–Kier alpha value is -1.84. The average molecular weight is 244 g/mol. The monoisotopic (exact) mass is 244 g/mol. The van der Waals surface area contributed by atoms with E-state index in [0.717, 1.165) is 18.5 Å². The molecule has 0 spiro atoms. The van der Waals surface area contributed by atoms with Gasteiger partial charge in [0.25, 0.3) is 0 Å². The van der Waals surface area contributed by atoms with Crippen LogP contribution in [0.25, 0.3) is 0 Å². The van der Waals surface area contributed by atoms with E-state index in [1.807, 2.05) is 12.1 Å². The second-order valence-corrected chi connectivity index (χ2v) is 4.88. The number of aryl methyl sites for hydroxylation is 1. The van der Waals surface area contributed by atoms with Crippen LogP contribution in [-0.4, -0.2) is 18.5 Å². The molecule has 3 amide bonds. The van der Waals surface area contributed by atoms with E-state index in [1.54, 1.807) is 4.90 Å². The molecular formula is C14H16N2O2. The maximum Gasteiger partial charge on any atom is 0.328 e. The average Bonchev–Trinajstić information content (AvgIpc) is 2.38. The van der Waals surface area contributed by atoms with E-state index in [4.69, 9.17) is 0 Å². The van der Waals surface area contributed by atoms with E-state index in [9.17, 15) is 9.59 Å². The highest BCUT2D eigenvalue weighted by Gasteiger charge is 2.27. The molecule has 1 aliphatic heterocycles.